The molecule has 0 bridgehead atoms. The maximum absolute atomic E-state index is 11.9. The highest BCUT2D eigenvalue weighted by molar-refractivity contribution is 7.23. The third kappa shape index (κ3) is 6.08. The molecule has 0 atom stereocenters. The van der Waals surface area contributed by atoms with Crippen LogP contribution in [-0.4, -0.2) is 57.7 Å². The monoisotopic (exact) mass is 545 g/mol. The van der Waals surface area contributed by atoms with Crippen molar-refractivity contribution in [2.24, 2.45) is 0 Å². The van der Waals surface area contributed by atoms with Crippen LogP contribution in [0.1, 0.15) is 18.4 Å². The number of nitrogens with one attached hydrogen (secondary N) is 2. The van der Waals surface area contributed by atoms with Gasteiger partial charge in [-0.15, -0.1) is 11.3 Å². The number of pyridine rings is 1. The molecule has 0 unspecified atom stereocenters. The van der Waals surface area contributed by atoms with Crippen LogP contribution in [0.3, 0.4) is 0 Å². The predicted octanol–water partition coefficient (Wildman–Crippen LogP) is 3.61. The van der Waals surface area contributed by atoms with Crippen LogP contribution in [0, 0.1) is 11.3 Å². The Balaban J connectivity index is 0.000000454. The molecule has 0 radical (unpaired) electrons. The van der Waals surface area contributed by atoms with Gasteiger partial charge in [-0.25, -0.2) is 4.79 Å². The standard InChI is InChI=1S/C20H18ClN3O4S.C2HF3O2/c21-17-14(15-16(25)13(9-22)18(26)24-19(15)29-17)11-1-3-12(4-2-11)28-10-20(27)5-7-23-8-6-20;3-2(4,5)1(6)7/h1-4,23,27H,5-8,10H2,(H2,24,25,26);(H,6,7). The van der Waals surface area contributed by atoms with Gasteiger partial charge in [0, 0.05) is 5.56 Å². The molecule has 1 aromatic carbocycles. The van der Waals surface area contributed by atoms with Crippen molar-refractivity contribution in [2.45, 2.75) is 24.6 Å². The number of carboxylic acids is 1. The molecule has 36 heavy (non-hydrogen) atoms. The van der Waals surface area contributed by atoms with Gasteiger partial charge < -0.3 is 30.4 Å². The molecule has 2 aromatic heterocycles. The normalized spacial score (nSPS) is 15.0. The lowest BCUT2D eigenvalue weighted by atomic mass is 9.93. The van der Waals surface area contributed by atoms with Gasteiger partial charge in [0.2, 0.25) is 0 Å². The average molecular weight is 546 g/mol. The fourth-order valence-corrected chi connectivity index (χ4v) is 4.83. The van der Waals surface area contributed by atoms with Gasteiger partial charge in [0.25, 0.3) is 5.56 Å². The van der Waals surface area contributed by atoms with Gasteiger partial charge in [-0.2, -0.15) is 18.4 Å². The summed E-state index contributed by atoms with van der Waals surface area (Å²) in [6.45, 7) is 1.74. The van der Waals surface area contributed by atoms with E-state index in [1.165, 1.54) is 0 Å². The minimum absolute atomic E-state index is 0.212. The first-order valence-corrected chi connectivity index (χ1v) is 11.5. The molecule has 0 spiro atoms. The number of nitriles is 1. The number of carbonyl (C=O) groups is 1. The van der Waals surface area contributed by atoms with E-state index < -0.39 is 23.3 Å². The molecule has 1 fully saturated rings. The molecule has 0 amide bonds. The summed E-state index contributed by atoms with van der Waals surface area (Å²) in [7, 11) is 0. The van der Waals surface area contributed by atoms with Crippen molar-refractivity contribution in [2.75, 3.05) is 19.7 Å². The van der Waals surface area contributed by atoms with Gasteiger partial charge in [0.05, 0.1) is 5.39 Å². The van der Waals surface area contributed by atoms with E-state index in [0.29, 0.717) is 44.3 Å². The van der Waals surface area contributed by atoms with Crippen molar-refractivity contribution in [3.05, 3.63) is 44.5 Å². The minimum atomic E-state index is -5.08. The van der Waals surface area contributed by atoms with Crippen LogP contribution in [0.4, 0.5) is 13.2 Å². The molecular weight excluding hydrogens is 527 g/mol. The van der Waals surface area contributed by atoms with Crippen molar-refractivity contribution in [1.82, 2.24) is 10.3 Å². The van der Waals surface area contributed by atoms with Gasteiger partial charge in [-0.05, 0) is 43.6 Å². The molecule has 5 N–H and O–H groups in total. The van der Waals surface area contributed by atoms with Gasteiger partial charge in [-0.1, -0.05) is 23.7 Å². The molecule has 9 nitrogen and oxygen atoms in total. The maximum Gasteiger partial charge on any atom is 0.490 e. The lowest BCUT2D eigenvalue weighted by Gasteiger charge is -2.32. The number of aliphatic carboxylic acids is 1. The smallest absolute Gasteiger partial charge is 0.490 e. The quantitative estimate of drug-likeness (QED) is 0.333. The summed E-state index contributed by atoms with van der Waals surface area (Å²) in [4.78, 5) is 23.8. The number of alkyl halides is 3. The van der Waals surface area contributed by atoms with Crippen LogP contribution in [0.15, 0.2) is 29.1 Å². The number of aromatic hydroxyl groups is 1. The maximum atomic E-state index is 11.9. The Morgan fingerprint density at radius 1 is 1.25 bits per heavy atom. The molecule has 1 aliphatic heterocycles. The van der Waals surface area contributed by atoms with Crippen LogP contribution in [-0.2, 0) is 4.79 Å². The number of hydrogen-bond acceptors (Lipinski definition) is 8. The third-order valence-electron chi connectivity index (χ3n) is 5.33. The summed E-state index contributed by atoms with van der Waals surface area (Å²) in [5.74, 6) is -2.53. The van der Waals surface area contributed by atoms with Gasteiger partial charge in [-0.3, -0.25) is 4.79 Å². The van der Waals surface area contributed by atoms with Crippen LogP contribution in [0.5, 0.6) is 11.5 Å². The predicted molar refractivity (Wildman–Crippen MR) is 126 cm³/mol. The van der Waals surface area contributed by atoms with Crippen LogP contribution in [0.2, 0.25) is 4.34 Å². The molecule has 14 heteroatoms. The number of nitrogens with zero attached hydrogens (tertiary/aromatic N) is 1. The van der Waals surface area contributed by atoms with Crippen molar-refractivity contribution >= 4 is 39.1 Å². The first-order valence-electron chi connectivity index (χ1n) is 10.3. The number of hydrogen-bond donors (Lipinski definition) is 5. The zero-order valence-corrected chi connectivity index (χ0v) is 19.9. The van der Waals surface area contributed by atoms with Gasteiger partial charge in [0.15, 0.2) is 5.56 Å². The molecule has 0 aliphatic carbocycles. The second kappa shape index (κ2) is 10.8. The van der Waals surface area contributed by atoms with Crippen molar-refractivity contribution in [3.8, 4) is 28.7 Å². The Labute approximate surface area is 210 Å². The van der Waals surface area contributed by atoms with Crippen LogP contribution in [0.25, 0.3) is 21.3 Å². The fourth-order valence-electron chi connectivity index (χ4n) is 3.45. The molecule has 3 heterocycles. The average Bonchev–Trinajstić information content (AvgIpc) is 3.14. The summed E-state index contributed by atoms with van der Waals surface area (Å²) < 4.78 is 37.9. The highest BCUT2D eigenvalue weighted by atomic mass is 35.5. The Kier molecular flexibility index (Phi) is 8.15. The summed E-state index contributed by atoms with van der Waals surface area (Å²) >= 11 is 7.50. The summed E-state index contributed by atoms with van der Waals surface area (Å²) in [6.07, 6.45) is -3.80. The Bertz CT molecular complexity index is 1360. The first-order chi connectivity index (χ1) is 16.9. The number of H-pyrrole nitrogens is 1. The second-order valence-electron chi connectivity index (χ2n) is 7.83. The van der Waals surface area contributed by atoms with Crippen molar-refractivity contribution < 1.29 is 38.0 Å². The fraction of sp³-hybridized carbons (Fsp3) is 0.318. The minimum Gasteiger partial charge on any atom is -0.506 e. The number of piperidine rings is 1. The summed E-state index contributed by atoms with van der Waals surface area (Å²) in [5, 5.41) is 40.8. The van der Waals surface area contributed by atoms with E-state index in [9.17, 15) is 28.2 Å². The van der Waals surface area contributed by atoms with Gasteiger partial charge >= 0.3 is 12.1 Å². The van der Waals surface area contributed by atoms with E-state index in [1.54, 1.807) is 30.3 Å². The highest BCUT2D eigenvalue weighted by Gasteiger charge is 2.38. The van der Waals surface area contributed by atoms with E-state index in [2.05, 4.69) is 10.3 Å². The molecule has 192 valence electrons. The van der Waals surface area contributed by atoms with E-state index in [0.717, 1.165) is 24.4 Å². The second-order valence-corrected chi connectivity index (χ2v) is 9.46. The molecule has 1 aliphatic rings. The Morgan fingerprint density at radius 2 is 1.83 bits per heavy atom. The lowest BCUT2D eigenvalue weighted by molar-refractivity contribution is -0.192. The Hall–Kier alpha value is -3.31. The number of rotatable bonds is 4. The van der Waals surface area contributed by atoms with E-state index >= 15 is 0 Å². The number of aromatic amines is 1. The number of benzene rings is 1. The molecule has 1 saturated heterocycles. The number of aliphatic hydroxyl groups is 1. The van der Waals surface area contributed by atoms with Crippen LogP contribution >= 0.6 is 22.9 Å². The molecule has 3 aromatic rings. The summed E-state index contributed by atoms with van der Waals surface area (Å²) in [5.41, 5.74) is -0.576. The number of fused-ring (bicyclic) bond motifs is 1. The SMILES string of the molecule is N#Cc1c(O)c2c(-c3ccc(OCC4(O)CCNCC4)cc3)c(Cl)sc2[nH]c1=O.O=C(O)C(F)(F)F. The van der Waals surface area contributed by atoms with E-state index in [-0.39, 0.29) is 17.9 Å². The number of aromatic nitrogens is 1. The molecule has 0 saturated carbocycles. The number of halogens is 4. The largest absolute Gasteiger partial charge is 0.506 e. The lowest BCUT2D eigenvalue weighted by Crippen LogP contribution is -2.45. The third-order valence-corrected chi connectivity index (χ3v) is 6.65. The van der Waals surface area contributed by atoms with Crippen molar-refractivity contribution in [1.29, 1.82) is 5.26 Å². The Morgan fingerprint density at radius 3 is 2.36 bits per heavy atom. The molecule has 4 rings (SSSR count). The van der Waals surface area contributed by atoms with Gasteiger partial charge in [0.1, 0.15) is 38.9 Å². The van der Waals surface area contributed by atoms with Crippen LogP contribution < -0.4 is 15.6 Å². The van der Waals surface area contributed by atoms with Crippen molar-refractivity contribution in [3.63, 3.8) is 0 Å². The number of thiophene rings is 1. The summed E-state index contributed by atoms with van der Waals surface area (Å²) in [6, 6.07) is 8.81. The van der Waals surface area contributed by atoms with E-state index in [4.69, 9.17) is 31.5 Å². The topological polar surface area (TPSA) is 156 Å². The van der Waals surface area contributed by atoms with E-state index in [1.807, 2.05) is 0 Å². The zero-order chi connectivity index (χ0) is 26.7. The zero-order valence-electron chi connectivity index (χ0n) is 18.3. The number of carboxylic acid groups (broad SMARTS) is 1. The first kappa shape index (κ1) is 27.3. The highest BCUT2D eigenvalue weighted by Crippen LogP contribution is 2.45. The molecular formula is C22H19ClF3N3O6S. The number of ether oxygens (including phenoxy) is 1.